The van der Waals surface area contributed by atoms with E-state index in [1.165, 1.54) is 12.4 Å². The van der Waals surface area contributed by atoms with Crippen LogP contribution in [-0.2, 0) is 17.3 Å². The maximum atomic E-state index is 12.9. The number of piperidine rings is 1. The van der Waals surface area contributed by atoms with E-state index in [1.54, 1.807) is 6.20 Å². The first-order valence-electron chi connectivity index (χ1n) is 9.50. The molecule has 2 aromatic rings. The number of hydrogen-bond acceptors (Lipinski definition) is 5. The number of carbonyl (C=O) groups is 1. The van der Waals surface area contributed by atoms with Crippen molar-refractivity contribution in [3.8, 4) is 0 Å². The number of nitrogens with one attached hydrogen (secondary N) is 1. The molecule has 7 nitrogen and oxygen atoms in total. The van der Waals surface area contributed by atoms with Crippen molar-refractivity contribution < 1.29 is 4.79 Å². The van der Waals surface area contributed by atoms with Crippen LogP contribution in [0, 0.1) is 0 Å². The van der Waals surface area contributed by atoms with Crippen LogP contribution in [0.15, 0.2) is 23.4 Å². The smallest absolute Gasteiger partial charge is 0.274 e. The third-order valence-electron chi connectivity index (χ3n) is 5.73. The quantitative estimate of drug-likeness (QED) is 0.832. The molecule has 1 fully saturated rings. The summed E-state index contributed by atoms with van der Waals surface area (Å²) in [6.45, 7) is 7.41. The first kappa shape index (κ1) is 17.8. The van der Waals surface area contributed by atoms with Gasteiger partial charge in [-0.05, 0) is 25.7 Å². The van der Waals surface area contributed by atoms with Gasteiger partial charge in [-0.25, -0.2) is 9.97 Å². The Hall–Kier alpha value is -2.57. The summed E-state index contributed by atoms with van der Waals surface area (Å²) in [4.78, 5) is 43.4. The Balaban J connectivity index is 1.71. The molecule has 0 aromatic carbocycles. The molecule has 1 unspecified atom stereocenters. The number of likely N-dealkylation sites (tertiary alicyclic amines) is 1. The Morgan fingerprint density at radius 1 is 1.26 bits per heavy atom. The van der Waals surface area contributed by atoms with E-state index in [2.05, 4.69) is 15.0 Å². The molecule has 2 aromatic heterocycles. The van der Waals surface area contributed by atoms with Crippen molar-refractivity contribution in [1.29, 1.82) is 0 Å². The molecule has 4 rings (SSSR count). The molecular formula is C20H25N5O2. The first-order valence-corrected chi connectivity index (χ1v) is 9.50. The Morgan fingerprint density at radius 3 is 2.78 bits per heavy atom. The SMILES string of the molecule is CC(C)(C)c1nc2c(c(=O)[nH]1)CCC21CCCN(C(=O)c2cnccn2)C1. The second kappa shape index (κ2) is 6.25. The zero-order chi connectivity index (χ0) is 19.2. The monoisotopic (exact) mass is 367 g/mol. The summed E-state index contributed by atoms with van der Waals surface area (Å²) in [5, 5.41) is 0. The normalized spacial score (nSPS) is 22.1. The highest BCUT2D eigenvalue weighted by Crippen LogP contribution is 2.43. The highest BCUT2D eigenvalue weighted by molar-refractivity contribution is 5.92. The number of aromatic amines is 1. The Kier molecular flexibility index (Phi) is 4.13. The van der Waals surface area contributed by atoms with Gasteiger partial charge in [-0.3, -0.25) is 14.6 Å². The number of carbonyl (C=O) groups excluding carboxylic acids is 1. The molecule has 1 amide bonds. The Morgan fingerprint density at radius 2 is 2.07 bits per heavy atom. The highest BCUT2D eigenvalue weighted by atomic mass is 16.2. The summed E-state index contributed by atoms with van der Waals surface area (Å²) in [5.41, 5.74) is 1.55. The molecule has 0 bridgehead atoms. The predicted octanol–water partition coefficient (Wildman–Crippen LogP) is 1.98. The zero-order valence-electron chi connectivity index (χ0n) is 16.1. The van der Waals surface area contributed by atoms with E-state index in [9.17, 15) is 9.59 Å². The van der Waals surface area contributed by atoms with Gasteiger partial charge in [0.2, 0.25) is 0 Å². The maximum Gasteiger partial charge on any atom is 0.274 e. The highest BCUT2D eigenvalue weighted by Gasteiger charge is 2.46. The molecule has 1 atom stereocenters. The molecular weight excluding hydrogens is 342 g/mol. The van der Waals surface area contributed by atoms with Crippen molar-refractivity contribution in [3.05, 3.63) is 51.7 Å². The molecule has 142 valence electrons. The van der Waals surface area contributed by atoms with Crippen LogP contribution in [0.1, 0.15) is 67.6 Å². The minimum absolute atomic E-state index is 0.0285. The molecule has 0 saturated carbocycles. The van der Waals surface area contributed by atoms with E-state index < -0.39 is 0 Å². The number of amides is 1. The molecule has 1 aliphatic heterocycles. The molecule has 2 aliphatic rings. The fourth-order valence-electron chi connectivity index (χ4n) is 4.28. The van der Waals surface area contributed by atoms with Gasteiger partial charge >= 0.3 is 0 Å². The van der Waals surface area contributed by atoms with Gasteiger partial charge in [-0.1, -0.05) is 20.8 Å². The van der Waals surface area contributed by atoms with Crippen LogP contribution in [0.3, 0.4) is 0 Å². The van der Waals surface area contributed by atoms with Crippen LogP contribution >= 0.6 is 0 Å². The zero-order valence-corrected chi connectivity index (χ0v) is 16.1. The van der Waals surface area contributed by atoms with Crippen molar-refractivity contribution in [2.24, 2.45) is 0 Å². The van der Waals surface area contributed by atoms with Crippen molar-refractivity contribution in [2.75, 3.05) is 13.1 Å². The number of hydrogen-bond donors (Lipinski definition) is 1. The van der Waals surface area contributed by atoms with Gasteiger partial charge in [0.05, 0.1) is 11.9 Å². The lowest BCUT2D eigenvalue weighted by atomic mass is 9.77. The minimum Gasteiger partial charge on any atom is -0.336 e. The molecule has 7 heteroatoms. The molecule has 1 aliphatic carbocycles. The van der Waals surface area contributed by atoms with Crippen molar-refractivity contribution in [1.82, 2.24) is 24.8 Å². The summed E-state index contributed by atoms with van der Waals surface area (Å²) >= 11 is 0. The second-order valence-corrected chi connectivity index (χ2v) is 8.69. The first-order chi connectivity index (χ1) is 12.8. The van der Waals surface area contributed by atoms with Crippen LogP contribution < -0.4 is 5.56 Å². The van der Waals surface area contributed by atoms with Gasteiger partial charge in [0, 0.05) is 41.9 Å². The van der Waals surface area contributed by atoms with Crippen LogP contribution in [-0.4, -0.2) is 43.8 Å². The van der Waals surface area contributed by atoms with E-state index in [0.29, 0.717) is 24.6 Å². The number of nitrogens with zero attached hydrogens (tertiary/aromatic N) is 4. The molecule has 3 heterocycles. The fourth-order valence-corrected chi connectivity index (χ4v) is 4.28. The third kappa shape index (κ3) is 3.05. The summed E-state index contributed by atoms with van der Waals surface area (Å²) in [7, 11) is 0. The van der Waals surface area contributed by atoms with E-state index >= 15 is 0 Å². The predicted molar refractivity (Wildman–Crippen MR) is 101 cm³/mol. The van der Waals surface area contributed by atoms with E-state index in [0.717, 1.165) is 36.9 Å². The van der Waals surface area contributed by atoms with E-state index in [-0.39, 0.29) is 22.3 Å². The topological polar surface area (TPSA) is 91.8 Å². The average molecular weight is 367 g/mol. The lowest BCUT2D eigenvalue weighted by Crippen LogP contribution is -2.48. The molecule has 0 radical (unpaired) electrons. The van der Waals surface area contributed by atoms with Gasteiger partial charge < -0.3 is 9.88 Å². The van der Waals surface area contributed by atoms with Gasteiger partial charge in [0.1, 0.15) is 11.5 Å². The largest absolute Gasteiger partial charge is 0.336 e. The van der Waals surface area contributed by atoms with Gasteiger partial charge in [0.15, 0.2) is 0 Å². The van der Waals surface area contributed by atoms with Gasteiger partial charge in [-0.2, -0.15) is 0 Å². The lowest BCUT2D eigenvalue weighted by molar-refractivity contribution is 0.0626. The van der Waals surface area contributed by atoms with E-state index in [1.807, 2.05) is 25.7 Å². The molecule has 1 saturated heterocycles. The summed E-state index contributed by atoms with van der Waals surface area (Å²) < 4.78 is 0. The average Bonchev–Trinajstić information content (AvgIpc) is 3.00. The summed E-state index contributed by atoms with van der Waals surface area (Å²) in [6, 6.07) is 0. The van der Waals surface area contributed by atoms with Crippen molar-refractivity contribution >= 4 is 5.91 Å². The van der Waals surface area contributed by atoms with Crippen LogP contribution in [0.4, 0.5) is 0 Å². The third-order valence-corrected chi connectivity index (χ3v) is 5.73. The Bertz CT molecular complexity index is 932. The minimum atomic E-state index is -0.236. The second-order valence-electron chi connectivity index (χ2n) is 8.69. The Labute approximate surface area is 158 Å². The molecule has 27 heavy (non-hydrogen) atoms. The van der Waals surface area contributed by atoms with Crippen LogP contribution in [0.5, 0.6) is 0 Å². The summed E-state index contributed by atoms with van der Waals surface area (Å²) in [5.74, 6) is 0.612. The van der Waals surface area contributed by atoms with Crippen molar-refractivity contribution in [3.63, 3.8) is 0 Å². The number of fused-ring (bicyclic) bond motifs is 2. The lowest BCUT2D eigenvalue weighted by Gasteiger charge is -2.40. The van der Waals surface area contributed by atoms with Crippen LogP contribution in [0.2, 0.25) is 0 Å². The molecule has 1 spiro atoms. The maximum absolute atomic E-state index is 12.9. The standard InChI is InChI=1S/C20H25N5O2/c1-19(2,3)18-23-15-13(16(26)24-18)5-7-20(15)6-4-10-25(12-20)17(27)14-11-21-8-9-22-14/h8-9,11H,4-7,10,12H2,1-3H3,(H,23,24,26). The fraction of sp³-hybridized carbons (Fsp3) is 0.550. The van der Waals surface area contributed by atoms with Crippen molar-refractivity contribution in [2.45, 2.75) is 57.3 Å². The van der Waals surface area contributed by atoms with E-state index in [4.69, 9.17) is 4.98 Å². The number of aromatic nitrogens is 4. The summed E-state index contributed by atoms with van der Waals surface area (Å²) in [6.07, 6.45) is 8.02. The van der Waals surface area contributed by atoms with Crippen LogP contribution in [0.25, 0.3) is 0 Å². The number of H-pyrrole nitrogens is 1. The van der Waals surface area contributed by atoms with Gasteiger partial charge in [0.25, 0.3) is 11.5 Å². The number of rotatable bonds is 1. The molecule has 1 N–H and O–H groups in total. The van der Waals surface area contributed by atoms with Gasteiger partial charge in [-0.15, -0.1) is 0 Å².